The van der Waals surface area contributed by atoms with Gasteiger partial charge in [-0.3, -0.25) is 5.32 Å². The highest BCUT2D eigenvalue weighted by atomic mass is 32.1. The number of nitrogens with one attached hydrogen (secondary N) is 2. The van der Waals surface area contributed by atoms with Crippen LogP contribution in [0, 0.1) is 6.92 Å². The van der Waals surface area contributed by atoms with E-state index >= 15 is 0 Å². The Morgan fingerprint density at radius 2 is 2.00 bits per heavy atom. The minimum atomic E-state index is -0.151. The van der Waals surface area contributed by atoms with Crippen LogP contribution in [0.15, 0.2) is 12.1 Å². The molecular formula is C16H18N4OS2. The van der Waals surface area contributed by atoms with Gasteiger partial charge in [0.1, 0.15) is 5.52 Å². The average Bonchev–Trinajstić information content (AvgIpc) is 3.09. The van der Waals surface area contributed by atoms with Gasteiger partial charge in [-0.25, -0.2) is 14.8 Å². The monoisotopic (exact) mass is 346 g/mol. The molecule has 0 saturated heterocycles. The van der Waals surface area contributed by atoms with Gasteiger partial charge >= 0.3 is 6.03 Å². The number of amides is 2. The number of rotatable bonds is 2. The van der Waals surface area contributed by atoms with Crippen LogP contribution >= 0.6 is 22.7 Å². The van der Waals surface area contributed by atoms with Gasteiger partial charge in [0, 0.05) is 6.04 Å². The van der Waals surface area contributed by atoms with Crippen LogP contribution in [-0.2, 0) is 0 Å². The number of carbonyl (C=O) groups excluding carboxylic acids is 1. The molecule has 4 rings (SSSR count). The van der Waals surface area contributed by atoms with Crippen molar-refractivity contribution in [2.24, 2.45) is 0 Å². The maximum atomic E-state index is 12.2. The van der Waals surface area contributed by atoms with E-state index < -0.39 is 0 Å². The first kappa shape index (κ1) is 14.8. The number of aromatic nitrogens is 2. The van der Waals surface area contributed by atoms with Crippen LogP contribution in [-0.4, -0.2) is 22.0 Å². The van der Waals surface area contributed by atoms with E-state index in [0.717, 1.165) is 38.3 Å². The number of hydrogen-bond donors (Lipinski definition) is 2. The Morgan fingerprint density at radius 1 is 1.17 bits per heavy atom. The SMILES string of the molecule is Cc1nc2c(ccc3nc(NC(=O)NC4CCCCC4)sc32)s1. The summed E-state index contributed by atoms with van der Waals surface area (Å²) in [4.78, 5) is 21.3. The van der Waals surface area contributed by atoms with Gasteiger partial charge < -0.3 is 5.32 Å². The van der Waals surface area contributed by atoms with Crippen LogP contribution in [0.1, 0.15) is 37.1 Å². The lowest BCUT2D eigenvalue weighted by atomic mass is 9.96. The van der Waals surface area contributed by atoms with E-state index in [-0.39, 0.29) is 6.03 Å². The molecule has 0 radical (unpaired) electrons. The normalized spacial score (nSPS) is 16.0. The highest BCUT2D eigenvalue weighted by Gasteiger charge is 2.17. The second kappa shape index (κ2) is 6.05. The summed E-state index contributed by atoms with van der Waals surface area (Å²) in [6.07, 6.45) is 5.83. The first-order valence-electron chi connectivity index (χ1n) is 7.93. The Bertz CT molecular complexity index is 864. The summed E-state index contributed by atoms with van der Waals surface area (Å²) in [5, 5.41) is 7.62. The van der Waals surface area contributed by atoms with Crippen molar-refractivity contribution in [2.75, 3.05) is 5.32 Å². The van der Waals surface area contributed by atoms with Gasteiger partial charge in [0.25, 0.3) is 0 Å². The molecule has 1 saturated carbocycles. The molecule has 2 heterocycles. The lowest BCUT2D eigenvalue weighted by Crippen LogP contribution is -2.38. The minimum Gasteiger partial charge on any atom is -0.335 e. The van der Waals surface area contributed by atoms with Crippen molar-refractivity contribution < 1.29 is 4.79 Å². The third kappa shape index (κ3) is 3.03. The number of aryl methyl sites for hydroxylation is 1. The molecule has 7 heteroatoms. The number of anilines is 1. The number of thiazole rings is 2. The van der Waals surface area contributed by atoms with Crippen LogP contribution in [0.5, 0.6) is 0 Å². The summed E-state index contributed by atoms with van der Waals surface area (Å²) < 4.78 is 2.21. The standard InChI is InChI=1S/C16H18N4OS2/c1-9-17-13-12(22-9)8-7-11-14(13)23-16(19-11)20-15(21)18-10-5-3-2-4-6-10/h7-8,10H,2-6H2,1H3,(H2,18,19,20,21). The molecule has 3 aromatic rings. The molecule has 0 unspecified atom stereocenters. The van der Waals surface area contributed by atoms with E-state index in [0.29, 0.717) is 11.2 Å². The van der Waals surface area contributed by atoms with Gasteiger partial charge in [-0.15, -0.1) is 11.3 Å². The van der Waals surface area contributed by atoms with Gasteiger partial charge in [-0.2, -0.15) is 0 Å². The smallest absolute Gasteiger partial charge is 0.321 e. The number of carbonyl (C=O) groups is 1. The third-order valence-electron chi connectivity index (χ3n) is 4.18. The van der Waals surface area contributed by atoms with E-state index in [1.54, 1.807) is 11.3 Å². The van der Waals surface area contributed by atoms with Crippen LogP contribution in [0.3, 0.4) is 0 Å². The fourth-order valence-electron chi connectivity index (χ4n) is 3.11. The second-order valence-corrected chi connectivity index (χ2v) is 8.18. The highest BCUT2D eigenvalue weighted by molar-refractivity contribution is 7.24. The maximum Gasteiger partial charge on any atom is 0.321 e. The van der Waals surface area contributed by atoms with Crippen molar-refractivity contribution in [3.05, 3.63) is 17.1 Å². The summed E-state index contributed by atoms with van der Waals surface area (Å²) in [6.45, 7) is 2.01. The van der Waals surface area contributed by atoms with Gasteiger partial charge in [0.15, 0.2) is 5.13 Å². The second-order valence-electron chi connectivity index (χ2n) is 5.95. The lowest BCUT2D eigenvalue weighted by Gasteiger charge is -2.22. The summed E-state index contributed by atoms with van der Waals surface area (Å²) in [5.74, 6) is 0. The zero-order valence-electron chi connectivity index (χ0n) is 12.9. The highest BCUT2D eigenvalue weighted by Crippen LogP contribution is 2.34. The molecule has 1 aliphatic carbocycles. The molecule has 0 aliphatic heterocycles. The molecular weight excluding hydrogens is 328 g/mol. The van der Waals surface area contributed by atoms with Crippen molar-refractivity contribution in [2.45, 2.75) is 45.1 Å². The summed E-state index contributed by atoms with van der Waals surface area (Å²) in [5.41, 5.74) is 1.88. The van der Waals surface area contributed by atoms with E-state index in [2.05, 4.69) is 20.6 Å². The van der Waals surface area contributed by atoms with Gasteiger partial charge in [-0.05, 0) is 31.9 Å². The van der Waals surface area contributed by atoms with Crippen molar-refractivity contribution in [1.82, 2.24) is 15.3 Å². The summed E-state index contributed by atoms with van der Waals surface area (Å²) >= 11 is 3.17. The van der Waals surface area contributed by atoms with E-state index in [1.807, 2.05) is 19.1 Å². The van der Waals surface area contributed by atoms with Gasteiger partial charge in [0.2, 0.25) is 0 Å². The molecule has 2 N–H and O–H groups in total. The van der Waals surface area contributed by atoms with Gasteiger partial charge in [0.05, 0.1) is 19.9 Å². The van der Waals surface area contributed by atoms with E-state index in [9.17, 15) is 4.79 Å². The number of fused-ring (bicyclic) bond motifs is 3. The molecule has 0 spiro atoms. The number of nitrogens with zero attached hydrogens (tertiary/aromatic N) is 2. The number of urea groups is 1. The fraction of sp³-hybridized carbons (Fsp3) is 0.438. The van der Waals surface area contributed by atoms with Crippen molar-refractivity contribution in [3.63, 3.8) is 0 Å². The average molecular weight is 346 g/mol. The maximum absolute atomic E-state index is 12.2. The first-order valence-corrected chi connectivity index (χ1v) is 9.56. The number of hydrogen-bond acceptors (Lipinski definition) is 5. The van der Waals surface area contributed by atoms with Crippen LogP contribution in [0.2, 0.25) is 0 Å². The van der Waals surface area contributed by atoms with Crippen molar-refractivity contribution >= 4 is 54.3 Å². The molecule has 1 fully saturated rings. The quantitative estimate of drug-likeness (QED) is 0.708. The summed E-state index contributed by atoms with van der Waals surface area (Å²) in [6, 6.07) is 4.19. The van der Waals surface area contributed by atoms with Crippen LogP contribution in [0.4, 0.5) is 9.93 Å². The number of benzene rings is 1. The Morgan fingerprint density at radius 3 is 2.83 bits per heavy atom. The van der Waals surface area contributed by atoms with Gasteiger partial charge in [-0.1, -0.05) is 30.6 Å². The zero-order valence-corrected chi connectivity index (χ0v) is 14.5. The fourth-order valence-corrected chi connectivity index (χ4v) is 4.96. The molecule has 2 aromatic heterocycles. The Labute approximate surface area is 142 Å². The van der Waals surface area contributed by atoms with E-state index in [1.165, 1.54) is 30.6 Å². The zero-order chi connectivity index (χ0) is 15.8. The van der Waals surface area contributed by atoms with Crippen LogP contribution < -0.4 is 10.6 Å². The molecule has 2 amide bonds. The molecule has 0 atom stereocenters. The molecule has 1 aromatic carbocycles. The molecule has 120 valence electrons. The molecule has 23 heavy (non-hydrogen) atoms. The predicted molar refractivity (Wildman–Crippen MR) is 96.6 cm³/mol. The largest absolute Gasteiger partial charge is 0.335 e. The Hall–Kier alpha value is -1.73. The van der Waals surface area contributed by atoms with Crippen LogP contribution in [0.25, 0.3) is 20.4 Å². The minimum absolute atomic E-state index is 0.151. The molecule has 1 aliphatic rings. The lowest BCUT2D eigenvalue weighted by molar-refractivity contribution is 0.244. The Balaban J connectivity index is 1.54. The first-order chi connectivity index (χ1) is 11.2. The van der Waals surface area contributed by atoms with Crippen molar-refractivity contribution in [3.8, 4) is 0 Å². The Kier molecular flexibility index (Phi) is 3.90. The topological polar surface area (TPSA) is 66.9 Å². The van der Waals surface area contributed by atoms with E-state index in [4.69, 9.17) is 0 Å². The van der Waals surface area contributed by atoms with Crippen molar-refractivity contribution in [1.29, 1.82) is 0 Å². The third-order valence-corrected chi connectivity index (χ3v) is 6.11. The summed E-state index contributed by atoms with van der Waals surface area (Å²) in [7, 11) is 0. The molecule has 0 bridgehead atoms. The predicted octanol–water partition coefficient (Wildman–Crippen LogP) is 4.67. The molecule has 5 nitrogen and oxygen atoms in total.